The van der Waals surface area contributed by atoms with Gasteiger partial charge >= 0.3 is 262 Å². The van der Waals surface area contributed by atoms with Gasteiger partial charge in [-0.05, 0) is 0 Å². The molecular weight excluding hydrogens is 557 g/mol. The van der Waals surface area contributed by atoms with E-state index in [0.29, 0.717) is 11.1 Å². The van der Waals surface area contributed by atoms with Crippen molar-refractivity contribution in [3.8, 4) is 6.07 Å². The van der Waals surface area contributed by atoms with Crippen molar-refractivity contribution in [2.75, 3.05) is 24.6 Å². The van der Waals surface area contributed by atoms with E-state index in [1.54, 1.807) is 12.1 Å². The van der Waals surface area contributed by atoms with Gasteiger partial charge in [-0.25, -0.2) is 0 Å². The fraction of sp³-hybridized carbons (Fsp3) is 0.800. The molecule has 0 saturated carbocycles. The molecular formula is C40H72NO2P. The second-order valence-electron chi connectivity index (χ2n) is 13.9. The normalized spacial score (nSPS) is 12.5. The Morgan fingerprint density at radius 2 is 0.818 bits per heavy atom. The first-order chi connectivity index (χ1) is 21.5. The molecule has 1 aromatic carbocycles. The quantitative estimate of drug-likeness (QED) is 0.0628. The number of carbonyl (C=O) groups excluding carboxylic acids is 1. The summed E-state index contributed by atoms with van der Waals surface area (Å²) in [6.07, 6.45) is 35.5. The van der Waals surface area contributed by atoms with Crippen LogP contribution in [0.2, 0.25) is 0 Å². The summed E-state index contributed by atoms with van der Waals surface area (Å²) in [6, 6.07) is 9.33. The zero-order valence-corrected chi connectivity index (χ0v) is 30.7. The molecule has 0 aliphatic carbocycles. The summed E-state index contributed by atoms with van der Waals surface area (Å²) in [5.41, 5.74) is 1.21. The van der Waals surface area contributed by atoms with E-state index in [4.69, 9.17) is 4.52 Å². The van der Waals surface area contributed by atoms with Gasteiger partial charge in [0.1, 0.15) is 0 Å². The van der Waals surface area contributed by atoms with Gasteiger partial charge in [0.2, 0.25) is 0 Å². The second kappa shape index (κ2) is 25.8. The molecule has 0 aliphatic heterocycles. The molecule has 1 aromatic rings. The first kappa shape index (κ1) is 40.6. The van der Waals surface area contributed by atoms with E-state index in [1.165, 1.54) is 154 Å². The Labute approximate surface area is 274 Å². The van der Waals surface area contributed by atoms with Crippen LogP contribution in [0.4, 0.5) is 0 Å². The summed E-state index contributed by atoms with van der Waals surface area (Å²) in [6.45, 7) is 6.36. The molecule has 0 atom stereocenters. The molecule has 0 saturated heterocycles. The maximum absolute atomic E-state index is 14.0. The number of nitriles is 1. The number of unbranched alkanes of at least 4 members (excludes halogenated alkanes) is 20. The van der Waals surface area contributed by atoms with E-state index in [2.05, 4.69) is 33.8 Å². The fourth-order valence-corrected chi connectivity index (χ4v) is 13.4. The topological polar surface area (TPSA) is 50.1 Å². The van der Waals surface area contributed by atoms with Crippen LogP contribution in [0, 0.1) is 11.3 Å². The summed E-state index contributed by atoms with van der Waals surface area (Å²) in [5, 5.41) is 9.30. The van der Waals surface area contributed by atoms with Crippen LogP contribution in [0.3, 0.4) is 0 Å². The van der Waals surface area contributed by atoms with E-state index < -0.39 is 6.83 Å². The summed E-state index contributed by atoms with van der Waals surface area (Å²) < 4.78 is 7.13. The Hall–Kier alpha value is -1.39. The van der Waals surface area contributed by atoms with Gasteiger partial charge in [-0.3, -0.25) is 0 Å². The van der Waals surface area contributed by atoms with Crippen LogP contribution in [0.15, 0.2) is 24.3 Å². The molecule has 4 heteroatoms. The van der Waals surface area contributed by atoms with Gasteiger partial charge in [-0.15, -0.1) is 0 Å². The van der Waals surface area contributed by atoms with Gasteiger partial charge in [0.05, 0.1) is 0 Å². The van der Waals surface area contributed by atoms with Gasteiger partial charge in [0.15, 0.2) is 0 Å². The molecule has 0 radical (unpaired) electrons. The van der Waals surface area contributed by atoms with Crippen molar-refractivity contribution in [3.05, 3.63) is 35.4 Å². The predicted molar refractivity (Wildman–Crippen MR) is 196 cm³/mol. The standard InChI is InChI=1S/C40H72NO2P/c1-5-9-13-17-18-19-20-21-22-23-24-28-36-44(33-25-14-10-6-2,34-26-15-11-7-3,35-27-16-12-8-4)43-40(42)39-31-29-38(37-41)30-32-39/h29-32H,5-28,33-36H2,1-4H3. The van der Waals surface area contributed by atoms with Crippen molar-refractivity contribution in [2.45, 2.75) is 182 Å². The molecule has 1 rings (SSSR count). The summed E-state index contributed by atoms with van der Waals surface area (Å²) in [5.74, 6) is -0.132. The first-order valence-corrected chi connectivity index (χ1v) is 22.1. The van der Waals surface area contributed by atoms with Crippen LogP contribution in [0.25, 0.3) is 0 Å². The van der Waals surface area contributed by atoms with Gasteiger partial charge in [-0.1, -0.05) is 13.3 Å². The van der Waals surface area contributed by atoms with Gasteiger partial charge < -0.3 is 0 Å². The van der Waals surface area contributed by atoms with E-state index in [1.807, 2.05) is 12.1 Å². The summed E-state index contributed by atoms with van der Waals surface area (Å²) in [4.78, 5) is 14.0. The van der Waals surface area contributed by atoms with E-state index in [-0.39, 0.29) is 5.97 Å². The van der Waals surface area contributed by atoms with Crippen LogP contribution < -0.4 is 0 Å². The Balaban J connectivity index is 3.09. The van der Waals surface area contributed by atoms with Crippen molar-refractivity contribution in [1.29, 1.82) is 5.26 Å². The number of benzene rings is 1. The average Bonchev–Trinajstić information content (AvgIpc) is 3.04. The molecule has 0 amide bonds. The third-order valence-electron chi connectivity index (χ3n) is 9.90. The van der Waals surface area contributed by atoms with E-state index in [0.717, 1.165) is 24.6 Å². The molecule has 44 heavy (non-hydrogen) atoms. The molecule has 0 fully saturated rings. The van der Waals surface area contributed by atoms with Crippen LogP contribution in [-0.4, -0.2) is 30.6 Å². The summed E-state index contributed by atoms with van der Waals surface area (Å²) >= 11 is 0. The van der Waals surface area contributed by atoms with Crippen molar-refractivity contribution >= 4 is 12.8 Å². The molecule has 0 aromatic heterocycles. The van der Waals surface area contributed by atoms with Crippen molar-refractivity contribution < 1.29 is 9.32 Å². The molecule has 0 unspecified atom stereocenters. The summed E-state index contributed by atoms with van der Waals surface area (Å²) in [7, 11) is 0. The minimum absolute atomic E-state index is 0.132. The average molecular weight is 630 g/mol. The predicted octanol–water partition coefficient (Wildman–Crippen LogP) is 13.6. The third kappa shape index (κ3) is 17.3. The minimum atomic E-state index is -2.79. The maximum atomic E-state index is 14.0. The Bertz CT molecular complexity index is 840. The van der Waals surface area contributed by atoms with Crippen LogP contribution in [-0.2, 0) is 4.52 Å². The number of carbonyl (C=O) groups is 1. The number of hydrogen-bond acceptors (Lipinski definition) is 3. The SMILES string of the molecule is CCCCCCCCCCCCCCP(CCCCCC)(CCCCCC)(CCCCCC)OC(=O)c1ccc(C#N)cc1. The van der Waals surface area contributed by atoms with Crippen LogP contribution >= 0.6 is 6.83 Å². The zero-order chi connectivity index (χ0) is 32.2. The van der Waals surface area contributed by atoms with Gasteiger partial charge in [0.25, 0.3) is 0 Å². The molecule has 254 valence electrons. The van der Waals surface area contributed by atoms with Crippen LogP contribution in [0.1, 0.15) is 198 Å². The molecule has 0 spiro atoms. The number of hydrogen-bond donors (Lipinski definition) is 0. The van der Waals surface area contributed by atoms with Crippen LogP contribution in [0.5, 0.6) is 0 Å². The fourth-order valence-electron chi connectivity index (χ4n) is 6.99. The Morgan fingerprint density at radius 3 is 1.14 bits per heavy atom. The van der Waals surface area contributed by atoms with Gasteiger partial charge in [0, 0.05) is 0 Å². The van der Waals surface area contributed by atoms with Crippen molar-refractivity contribution in [3.63, 3.8) is 0 Å². The van der Waals surface area contributed by atoms with E-state index in [9.17, 15) is 10.1 Å². The molecule has 0 aliphatic rings. The second-order valence-corrected chi connectivity index (χ2v) is 19.6. The Morgan fingerprint density at radius 1 is 0.523 bits per heavy atom. The zero-order valence-electron chi connectivity index (χ0n) is 29.8. The molecule has 3 nitrogen and oxygen atoms in total. The monoisotopic (exact) mass is 630 g/mol. The molecule has 0 N–H and O–H groups in total. The molecule has 0 heterocycles. The van der Waals surface area contributed by atoms with Gasteiger partial charge in [-0.2, -0.15) is 0 Å². The number of nitrogens with zero attached hydrogens (tertiary/aromatic N) is 1. The van der Waals surface area contributed by atoms with E-state index >= 15 is 0 Å². The Kier molecular flexibility index (Phi) is 23.8. The number of rotatable bonds is 30. The van der Waals surface area contributed by atoms with Crippen molar-refractivity contribution in [1.82, 2.24) is 0 Å². The molecule has 0 bridgehead atoms. The first-order valence-electron chi connectivity index (χ1n) is 19.2. The third-order valence-corrected chi connectivity index (χ3v) is 16.4. The van der Waals surface area contributed by atoms with Crippen molar-refractivity contribution in [2.24, 2.45) is 0 Å².